The molecule has 0 bridgehead atoms. The van der Waals surface area contributed by atoms with Crippen LogP contribution in [0.25, 0.3) is 10.9 Å². The molecule has 0 spiro atoms. The van der Waals surface area contributed by atoms with Crippen molar-refractivity contribution in [1.29, 1.82) is 0 Å². The zero-order chi connectivity index (χ0) is 11.7. The zero-order valence-electron chi connectivity index (χ0n) is 8.92. The summed E-state index contributed by atoms with van der Waals surface area (Å²) in [5.74, 6) is 0. The number of nitrogen functional groups attached to an aromatic ring is 1. The number of anilines is 1. The lowest BCUT2D eigenvalue weighted by molar-refractivity contribution is 1.05. The van der Waals surface area contributed by atoms with Crippen LogP contribution in [0.2, 0.25) is 0 Å². The van der Waals surface area contributed by atoms with Gasteiger partial charge in [-0.25, -0.2) is 9.97 Å². The number of hydrogen-bond donors (Lipinski definition) is 2. The minimum Gasteiger partial charge on any atom is -0.399 e. The van der Waals surface area contributed by atoms with E-state index in [0.717, 1.165) is 26.8 Å². The molecule has 0 saturated carbocycles. The van der Waals surface area contributed by atoms with Crippen molar-refractivity contribution < 1.29 is 0 Å². The largest absolute Gasteiger partial charge is 0.399 e. The molecule has 5 heteroatoms. The SMILES string of the molecule is Nc1ccc2nc(Sc3ncc[nH]3)ccc2c1. The van der Waals surface area contributed by atoms with Gasteiger partial charge in [0.15, 0.2) is 5.16 Å². The highest BCUT2D eigenvalue weighted by Crippen LogP contribution is 2.25. The number of imidazole rings is 1. The Balaban J connectivity index is 1.99. The summed E-state index contributed by atoms with van der Waals surface area (Å²) in [6.07, 6.45) is 3.52. The molecule has 84 valence electrons. The third-order valence-electron chi connectivity index (χ3n) is 2.36. The third-order valence-corrected chi connectivity index (χ3v) is 3.22. The van der Waals surface area contributed by atoms with Crippen LogP contribution in [-0.2, 0) is 0 Å². The molecular weight excluding hydrogens is 232 g/mol. The third kappa shape index (κ3) is 2.09. The van der Waals surface area contributed by atoms with Crippen LogP contribution in [0.1, 0.15) is 0 Å². The summed E-state index contributed by atoms with van der Waals surface area (Å²) in [7, 11) is 0. The molecule has 2 heterocycles. The maximum absolute atomic E-state index is 5.72. The first-order chi connectivity index (χ1) is 8.31. The Kier molecular flexibility index (Phi) is 2.45. The fourth-order valence-electron chi connectivity index (χ4n) is 1.59. The number of H-pyrrole nitrogens is 1. The van der Waals surface area contributed by atoms with E-state index in [-0.39, 0.29) is 0 Å². The first-order valence-electron chi connectivity index (χ1n) is 5.15. The van der Waals surface area contributed by atoms with E-state index in [1.54, 1.807) is 12.4 Å². The number of nitrogens with zero attached hydrogens (tertiary/aromatic N) is 2. The molecule has 4 nitrogen and oxygen atoms in total. The average molecular weight is 242 g/mol. The Labute approximate surface area is 102 Å². The maximum atomic E-state index is 5.72. The molecule has 0 aliphatic heterocycles. The van der Waals surface area contributed by atoms with Crippen molar-refractivity contribution in [2.75, 3.05) is 5.73 Å². The molecule has 0 amide bonds. The smallest absolute Gasteiger partial charge is 0.171 e. The minimum absolute atomic E-state index is 0.755. The van der Waals surface area contributed by atoms with Crippen molar-refractivity contribution >= 4 is 28.4 Å². The van der Waals surface area contributed by atoms with Gasteiger partial charge in [-0.1, -0.05) is 6.07 Å². The number of nitrogens with one attached hydrogen (secondary N) is 1. The fourth-order valence-corrected chi connectivity index (χ4v) is 2.31. The van der Waals surface area contributed by atoms with Gasteiger partial charge in [0.05, 0.1) is 5.52 Å². The number of fused-ring (bicyclic) bond motifs is 1. The van der Waals surface area contributed by atoms with E-state index in [0.29, 0.717) is 0 Å². The van der Waals surface area contributed by atoms with Crippen molar-refractivity contribution in [3.63, 3.8) is 0 Å². The molecule has 17 heavy (non-hydrogen) atoms. The molecule has 3 N–H and O–H groups in total. The lowest BCUT2D eigenvalue weighted by atomic mass is 10.2. The Morgan fingerprint density at radius 1 is 1.18 bits per heavy atom. The predicted molar refractivity (Wildman–Crippen MR) is 68.9 cm³/mol. The molecule has 0 fully saturated rings. The Morgan fingerprint density at radius 2 is 2.12 bits per heavy atom. The maximum Gasteiger partial charge on any atom is 0.171 e. The second kappa shape index (κ2) is 4.10. The van der Waals surface area contributed by atoms with Crippen LogP contribution < -0.4 is 5.73 Å². The molecule has 0 aliphatic rings. The predicted octanol–water partition coefficient (Wildman–Crippen LogP) is 2.69. The molecular formula is C12H10N4S. The number of pyridine rings is 1. The van der Waals surface area contributed by atoms with Gasteiger partial charge in [0.2, 0.25) is 0 Å². The van der Waals surface area contributed by atoms with Crippen LogP contribution in [0.3, 0.4) is 0 Å². The molecule has 0 atom stereocenters. The number of hydrogen-bond acceptors (Lipinski definition) is 4. The van der Waals surface area contributed by atoms with Gasteiger partial charge in [-0.2, -0.15) is 0 Å². The van der Waals surface area contributed by atoms with Gasteiger partial charge in [-0.3, -0.25) is 0 Å². The highest BCUT2D eigenvalue weighted by atomic mass is 32.2. The van der Waals surface area contributed by atoms with Gasteiger partial charge in [-0.15, -0.1) is 0 Å². The highest BCUT2D eigenvalue weighted by Gasteiger charge is 2.02. The Morgan fingerprint density at radius 3 is 2.94 bits per heavy atom. The van der Waals surface area contributed by atoms with Gasteiger partial charge < -0.3 is 10.7 Å². The first-order valence-corrected chi connectivity index (χ1v) is 5.96. The quantitative estimate of drug-likeness (QED) is 0.678. The summed E-state index contributed by atoms with van der Waals surface area (Å²) >= 11 is 1.50. The highest BCUT2D eigenvalue weighted by molar-refractivity contribution is 7.99. The lowest BCUT2D eigenvalue weighted by Gasteiger charge is -2.01. The van der Waals surface area contributed by atoms with Crippen molar-refractivity contribution in [3.05, 3.63) is 42.7 Å². The van der Waals surface area contributed by atoms with Gasteiger partial charge in [0.25, 0.3) is 0 Å². The van der Waals surface area contributed by atoms with Gasteiger partial charge >= 0.3 is 0 Å². The number of nitrogens with two attached hydrogens (primary N) is 1. The molecule has 1 aromatic carbocycles. The van der Waals surface area contributed by atoms with Gasteiger partial charge in [-0.05, 0) is 36.0 Å². The second-order valence-corrected chi connectivity index (χ2v) is 4.61. The summed E-state index contributed by atoms with van der Waals surface area (Å²) in [4.78, 5) is 11.7. The summed E-state index contributed by atoms with van der Waals surface area (Å²) in [5.41, 5.74) is 7.42. The summed E-state index contributed by atoms with van der Waals surface area (Å²) in [6.45, 7) is 0. The van der Waals surface area contributed by atoms with E-state index < -0.39 is 0 Å². The number of aromatic amines is 1. The molecule has 0 radical (unpaired) electrons. The van der Waals surface area contributed by atoms with E-state index in [1.807, 2.05) is 30.3 Å². The number of rotatable bonds is 2. The lowest BCUT2D eigenvalue weighted by Crippen LogP contribution is -1.87. The monoisotopic (exact) mass is 242 g/mol. The van der Waals surface area contributed by atoms with Crippen LogP contribution in [0.15, 0.2) is 52.9 Å². The summed E-state index contributed by atoms with van der Waals surface area (Å²) < 4.78 is 0. The van der Waals surface area contributed by atoms with Crippen LogP contribution in [0, 0.1) is 0 Å². The molecule has 0 saturated heterocycles. The van der Waals surface area contributed by atoms with Crippen molar-refractivity contribution in [2.45, 2.75) is 10.2 Å². The van der Waals surface area contributed by atoms with Gasteiger partial charge in [0.1, 0.15) is 5.03 Å². The molecule has 0 aliphatic carbocycles. The van der Waals surface area contributed by atoms with E-state index in [4.69, 9.17) is 5.73 Å². The summed E-state index contributed by atoms with van der Waals surface area (Å²) in [6, 6.07) is 9.69. The molecule has 3 aromatic rings. The van der Waals surface area contributed by atoms with Crippen LogP contribution in [-0.4, -0.2) is 15.0 Å². The van der Waals surface area contributed by atoms with Crippen LogP contribution in [0.4, 0.5) is 5.69 Å². The minimum atomic E-state index is 0.755. The van der Waals surface area contributed by atoms with Crippen molar-refractivity contribution in [2.24, 2.45) is 0 Å². The van der Waals surface area contributed by atoms with E-state index in [1.165, 1.54) is 11.8 Å². The normalized spacial score (nSPS) is 10.8. The van der Waals surface area contributed by atoms with E-state index in [2.05, 4.69) is 15.0 Å². The first kappa shape index (κ1) is 10.2. The van der Waals surface area contributed by atoms with E-state index in [9.17, 15) is 0 Å². The Bertz CT molecular complexity index is 649. The molecule has 2 aromatic heterocycles. The van der Waals surface area contributed by atoms with Crippen LogP contribution in [0.5, 0.6) is 0 Å². The second-order valence-electron chi connectivity index (χ2n) is 3.60. The van der Waals surface area contributed by atoms with E-state index >= 15 is 0 Å². The molecule has 3 rings (SSSR count). The van der Waals surface area contributed by atoms with Crippen molar-refractivity contribution in [3.8, 4) is 0 Å². The standard InChI is InChI=1S/C12H10N4S/c13-9-2-3-10-8(7-9)1-4-11(16-10)17-12-14-5-6-15-12/h1-7H,13H2,(H,14,15). The molecule has 0 unspecified atom stereocenters. The number of aromatic nitrogens is 3. The Hall–Kier alpha value is -2.01. The summed E-state index contributed by atoms with van der Waals surface area (Å²) in [5, 5.41) is 2.80. The van der Waals surface area contributed by atoms with Gasteiger partial charge in [0, 0.05) is 23.5 Å². The number of benzene rings is 1. The topological polar surface area (TPSA) is 67.6 Å². The van der Waals surface area contributed by atoms with Crippen LogP contribution >= 0.6 is 11.8 Å². The average Bonchev–Trinajstić information content (AvgIpc) is 2.82. The zero-order valence-corrected chi connectivity index (χ0v) is 9.74. The van der Waals surface area contributed by atoms with Crippen molar-refractivity contribution in [1.82, 2.24) is 15.0 Å². The fraction of sp³-hybridized carbons (Fsp3) is 0.